The first kappa shape index (κ1) is 37.9. The molecule has 1 nitrogen and oxygen atoms in total. The number of hydrogen-bond donors (Lipinski definition) is 0. The van der Waals surface area contributed by atoms with Gasteiger partial charge in [0, 0.05) is 10.2 Å². The molecular formula is C45H73IO. The maximum absolute atomic E-state index is 6.57. The summed E-state index contributed by atoms with van der Waals surface area (Å²) in [5.41, 5.74) is 4.35. The van der Waals surface area contributed by atoms with Crippen molar-refractivity contribution in [2.75, 3.05) is 6.61 Å². The van der Waals surface area contributed by atoms with Gasteiger partial charge in [0.2, 0.25) is 0 Å². The Labute approximate surface area is 305 Å². The van der Waals surface area contributed by atoms with Gasteiger partial charge in [-0.2, -0.15) is 0 Å². The van der Waals surface area contributed by atoms with Crippen molar-refractivity contribution < 1.29 is 4.74 Å². The van der Waals surface area contributed by atoms with Crippen LogP contribution in [0, 0.1) is 49.9 Å². The lowest BCUT2D eigenvalue weighted by Crippen LogP contribution is -2.51. The standard InChI is InChI=1S/C45H73IO/c1-34(2)18-16-19-35(3)41-25-26-42-40-24-23-37-33-39(27-29-44(37,4)43(40)28-30-45(41,42)5)47-31-15-13-11-9-7-6-8-10-12-14-20-36-21-17-22-38(46)32-36/h17,21-23,32,34-35,39-43H,6-16,18-20,24-31,33H2,1-5H3/t35-,39+,40+,41-,42+,43+,44+,45-/m1/s1. The highest BCUT2D eigenvalue weighted by atomic mass is 127. The number of ether oxygens (including phenoxy) is 1. The van der Waals surface area contributed by atoms with Gasteiger partial charge in [-0.15, -0.1) is 0 Å². The fraction of sp³-hybridized carbons (Fsp3) is 0.822. The Morgan fingerprint density at radius 1 is 0.787 bits per heavy atom. The van der Waals surface area contributed by atoms with E-state index in [-0.39, 0.29) is 0 Å². The van der Waals surface area contributed by atoms with Crippen molar-refractivity contribution in [3.05, 3.63) is 45.0 Å². The average Bonchev–Trinajstić information content (AvgIpc) is 3.40. The van der Waals surface area contributed by atoms with Crippen molar-refractivity contribution in [3.63, 3.8) is 0 Å². The Morgan fingerprint density at radius 2 is 1.51 bits per heavy atom. The Kier molecular flexibility index (Phi) is 14.7. The summed E-state index contributed by atoms with van der Waals surface area (Å²) in [5, 5.41) is 0. The highest BCUT2D eigenvalue weighted by molar-refractivity contribution is 14.1. The molecule has 0 saturated heterocycles. The van der Waals surface area contributed by atoms with E-state index in [4.69, 9.17) is 4.74 Å². The quantitative estimate of drug-likeness (QED) is 0.0776. The molecule has 1 aromatic carbocycles. The molecule has 4 aliphatic rings. The summed E-state index contributed by atoms with van der Waals surface area (Å²) in [5.74, 6) is 5.57. The SMILES string of the molecule is CC(C)CCC[C@@H](C)[C@H]1CC[C@H]2[C@@H]3CC=C4C[C@@H](OCCCCCCCCCCCCc5cccc(I)c5)CC[C@]4(C)[C@H]3CC[C@]12C. The van der Waals surface area contributed by atoms with Gasteiger partial charge >= 0.3 is 0 Å². The van der Waals surface area contributed by atoms with E-state index < -0.39 is 0 Å². The Balaban J connectivity index is 0.941. The number of halogens is 1. The van der Waals surface area contributed by atoms with Gasteiger partial charge in [-0.3, -0.25) is 0 Å². The number of fused-ring (bicyclic) bond motifs is 5. The molecule has 0 aliphatic heterocycles. The average molecular weight is 757 g/mol. The van der Waals surface area contributed by atoms with E-state index in [0.29, 0.717) is 16.9 Å². The van der Waals surface area contributed by atoms with Crippen LogP contribution in [0.3, 0.4) is 0 Å². The zero-order valence-electron chi connectivity index (χ0n) is 31.5. The van der Waals surface area contributed by atoms with Gasteiger partial charge in [-0.1, -0.05) is 129 Å². The molecule has 8 atom stereocenters. The molecule has 0 heterocycles. The minimum absolute atomic E-state index is 0.450. The molecule has 0 spiro atoms. The van der Waals surface area contributed by atoms with Crippen molar-refractivity contribution in [2.24, 2.45) is 46.3 Å². The molecule has 2 heteroatoms. The van der Waals surface area contributed by atoms with E-state index in [2.05, 4.69) is 87.6 Å². The third-order valence-corrected chi connectivity index (χ3v) is 15.0. The van der Waals surface area contributed by atoms with Gasteiger partial charge in [0.25, 0.3) is 0 Å². The Hall–Kier alpha value is -0.350. The number of aryl methyl sites for hydroxylation is 1. The van der Waals surface area contributed by atoms with Gasteiger partial charge in [0.05, 0.1) is 6.10 Å². The first-order chi connectivity index (χ1) is 22.7. The second-order valence-corrected chi connectivity index (χ2v) is 19.2. The molecule has 3 saturated carbocycles. The molecule has 0 radical (unpaired) electrons. The number of benzene rings is 1. The van der Waals surface area contributed by atoms with Crippen molar-refractivity contribution >= 4 is 22.6 Å². The molecule has 266 valence electrons. The van der Waals surface area contributed by atoms with Crippen LogP contribution in [-0.2, 0) is 11.2 Å². The van der Waals surface area contributed by atoms with E-state index in [1.54, 1.807) is 5.57 Å². The number of rotatable bonds is 19. The second kappa shape index (κ2) is 18.2. The van der Waals surface area contributed by atoms with E-state index in [1.165, 1.54) is 150 Å². The van der Waals surface area contributed by atoms with Gasteiger partial charge in [0.1, 0.15) is 0 Å². The number of allylic oxidation sites excluding steroid dienone is 1. The first-order valence-corrected chi connectivity index (χ1v) is 21.8. The third-order valence-electron chi connectivity index (χ3n) is 14.4. The molecule has 0 bridgehead atoms. The lowest BCUT2D eigenvalue weighted by atomic mass is 9.47. The summed E-state index contributed by atoms with van der Waals surface area (Å²) in [6.07, 6.45) is 33.9. The predicted molar refractivity (Wildman–Crippen MR) is 212 cm³/mol. The van der Waals surface area contributed by atoms with Crippen molar-refractivity contribution in [1.29, 1.82) is 0 Å². The van der Waals surface area contributed by atoms with Gasteiger partial charge in [-0.25, -0.2) is 0 Å². The van der Waals surface area contributed by atoms with E-state index in [1.807, 2.05) is 0 Å². The zero-order chi connectivity index (χ0) is 33.3. The topological polar surface area (TPSA) is 9.23 Å². The van der Waals surface area contributed by atoms with Gasteiger partial charge in [-0.05, 0) is 157 Å². The maximum atomic E-state index is 6.57. The minimum Gasteiger partial charge on any atom is -0.378 e. The Bertz CT molecular complexity index is 1110. The van der Waals surface area contributed by atoms with Crippen LogP contribution in [0.1, 0.15) is 175 Å². The molecule has 5 rings (SSSR count). The highest BCUT2D eigenvalue weighted by Crippen LogP contribution is 2.67. The van der Waals surface area contributed by atoms with Crippen LogP contribution >= 0.6 is 22.6 Å². The molecule has 47 heavy (non-hydrogen) atoms. The Morgan fingerprint density at radius 3 is 2.23 bits per heavy atom. The van der Waals surface area contributed by atoms with Gasteiger partial charge in [0.15, 0.2) is 0 Å². The van der Waals surface area contributed by atoms with Crippen molar-refractivity contribution in [1.82, 2.24) is 0 Å². The molecule has 1 aromatic rings. The molecular weight excluding hydrogens is 683 g/mol. The molecule has 0 aromatic heterocycles. The third kappa shape index (κ3) is 9.92. The van der Waals surface area contributed by atoms with Crippen LogP contribution in [0.25, 0.3) is 0 Å². The lowest BCUT2D eigenvalue weighted by Gasteiger charge is -2.58. The van der Waals surface area contributed by atoms with Crippen LogP contribution in [0.15, 0.2) is 35.9 Å². The van der Waals surface area contributed by atoms with E-state index in [9.17, 15) is 0 Å². The van der Waals surface area contributed by atoms with Crippen LogP contribution in [-0.4, -0.2) is 12.7 Å². The summed E-state index contributed by atoms with van der Waals surface area (Å²) in [6, 6.07) is 9.00. The van der Waals surface area contributed by atoms with E-state index in [0.717, 1.165) is 42.1 Å². The van der Waals surface area contributed by atoms with Crippen molar-refractivity contribution in [3.8, 4) is 0 Å². The minimum atomic E-state index is 0.450. The summed E-state index contributed by atoms with van der Waals surface area (Å²) < 4.78 is 7.93. The molecule has 4 aliphatic carbocycles. The maximum Gasteiger partial charge on any atom is 0.0612 e. The zero-order valence-corrected chi connectivity index (χ0v) is 33.6. The number of hydrogen-bond acceptors (Lipinski definition) is 1. The van der Waals surface area contributed by atoms with Crippen molar-refractivity contribution in [2.45, 2.75) is 182 Å². The van der Waals surface area contributed by atoms with Crippen LogP contribution in [0.5, 0.6) is 0 Å². The fourth-order valence-corrected chi connectivity index (χ4v) is 12.2. The molecule has 0 amide bonds. The summed E-state index contributed by atoms with van der Waals surface area (Å²) in [6.45, 7) is 13.8. The summed E-state index contributed by atoms with van der Waals surface area (Å²) in [4.78, 5) is 0. The second-order valence-electron chi connectivity index (χ2n) is 17.9. The van der Waals surface area contributed by atoms with E-state index >= 15 is 0 Å². The fourth-order valence-electron chi connectivity index (χ4n) is 11.6. The normalized spacial score (nSPS) is 32.5. The molecule has 0 N–H and O–H groups in total. The summed E-state index contributed by atoms with van der Waals surface area (Å²) >= 11 is 2.42. The predicted octanol–water partition coefficient (Wildman–Crippen LogP) is 14.2. The number of unbranched alkanes of at least 4 members (excludes halogenated alkanes) is 9. The van der Waals surface area contributed by atoms with Crippen LogP contribution in [0.2, 0.25) is 0 Å². The first-order valence-electron chi connectivity index (χ1n) is 20.8. The molecule has 0 unspecified atom stereocenters. The highest BCUT2D eigenvalue weighted by Gasteiger charge is 2.59. The molecule has 3 fully saturated rings. The smallest absolute Gasteiger partial charge is 0.0612 e. The lowest BCUT2D eigenvalue weighted by molar-refractivity contribution is -0.0641. The largest absolute Gasteiger partial charge is 0.378 e. The monoisotopic (exact) mass is 756 g/mol. The van der Waals surface area contributed by atoms with Crippen LogP contribution in [0.4, 0.5) is 0 Å². The van der Waals surface area contributed by atoms with Crippen LogP contribution < -0.4 is 0 Å². The van der Waals surface area contributed by atoms with Gasteiger partial charge < -0.3 is 4.74 Å². The summed E-state index contributed by atoms with van der Waals surface area (Å²) in [7, 11) is 0.